The van der Waals surface area contributed by atoms with Crippen LogP contribution in [0.3, 0.4) is 0 Å². The first-order chi connectivity index (χ1) is 10.1. The lowest BCUT2D eigenvalue weighted by molar-refractivity contribution is -0.117. The van der Waals surface area contributed by atoms with Crippen LogP contribution in [0.2, 0.25) is 4.34 Å². The maximum Gasteiger partial charge on any atom is 0.265 e. The van der Waals surface area contributed by atoms with E-state index >= 15 is 0 Å². The Labute approximate surface area is 131 Å². The third kappa shape index (κ3) is 2.94. The summed E-state index contributed by atoms with van der Waals surface area (Å²) in [6.07, 6.45) is 1.41. The lowest BCUT2D eigenvalue weighted by Gasteiger charge is -2.19. The quantitative estimate of drug-likeness (QED) is 0.935. The summed E-state index contributed by atoms with van der Waals surface area (Å²) < 4.78 is 0.572. The van der Waals surface area contributed by atoms with E-state index in [4.69, 9.17) is 11.6 Å². The van der Waals surface area contributed by atoms with Crippen molar-refractivity contribution in [3.63, 3.8) is 0 Å². The van der Waals surface area contributed by atoms with E-state index in [0.29, 0.717) is 27.9 Å². The third-order valence-electron chi connectivity index (χ3n) is 3.31. The van der Waals surface area contributed by atoms with Crippen molar-refractivity contribution in [3.8, 4) is 0 Å². The molecule has 4 nitrogen and oxygen atoms in total. The van der Waals surface area contributed by atoms with E-state index in [0.717, 1.165) is 12.1 Å². The second-order valence-corrected chi connectivity index (χ2v) is 6.44. The van der Waals surface area contributed by atoms with Crippen molar-refractivity contribution in [2.45, 2.75) is 12.8 Å². The van der Waals surface area contributed by atoms with Crippen LogP contribution in [0.25, 0.3) is 0 Å². The number of rotatable bonds is 3. The molecule has 1 aliphatic heterocycles. The maximum absolute atomic E-state index is 12.2. The standard InChI is InChI=1S/C15H13ClN2O2S/c16-13-8-7-12(21-13)15(20)17-10-4-1-2-5-11(10)18-9-3-6-14(18)19/h1-2,4-5,7-8H,3,6,9H2,(H,17,20). The molecule has 21 heavy (non-hydrogen) atoms. The molecule has 1 fully saturated rings. The van der Waals surface area contributed by atoms with Crippen LogP contribution in [0.5, 0.6) is 0 Å². The van der Waals surface area contributed by atoms with Gasteiger partial charge in [-0.25, -0.2) is 0 Å². The van der Waals surface area contributed by atoms with Gasteiger partial charge < -0.3 is 10.2 Å². The van der Waals surface area contributed by atoms with Crippen molar-refractivity contribution < 1.29 is 9.59 Å². The molecule has 0 radical (unpaired) electrons. The number of thiophene rings is 1. The highest BCUT2D eigenvalue weighted by Crippen LogP contribution is 2.30. The molecule has 0 atom stereocenters. The van der Waals surface area contributed by atoms with Crippen LogP contribution in [-0.4, -0.2) is 18.4 Å². The zero-order valence-electron chi connectivity index (χ0n) is 11.1. The second-order valence-electron chi connectivity index (χ2n) is 4.72. The largest absolute Gasteiger partial charge is 0.319 e. The smallest absolute Gasteiger partial charge is 0.265 e. The van der Waals surface area contributed by atoms with Crippen molar-refractivity contribution in [1.29, 1.82) is 0 Å². The van der Waals surface area contributed by atoms with Gasteiger partial charge in [-0.3, -0.25) is 9.59 Å². The van der Waals surface area contributed by atoms with E-state index in [1.54, 1.807) is 23.1 Å². The zero-order valence-corrected chi connectivity index (χ0v) is 12.7. The number of nitrogens with zero attached hydrogens (tertiary/aromatic N) is 1. The van der Waals surface area contributed by atoms with E-state index in [2.05, 4.69) is 5.32 Å². The summed E-state index contributed by atoms with van der Waals surface area (Å²) in [6.45, 7) is 0.691. The van der Waals surface area contributed by atoms with Crippen LogP contribution in [-0.2, 0) is 4.79 Å². The number of anilines is 2. The summed E-state index contributed by atoms with van der Waals surface area (Å²) >= 11 is 7.07. The van der Waals surface area contributed by atoms with Crippen molar-refractivity contribution in [2.24, 2.45) is 0 Å². The highest BCUT2D eigenvalue weighted by atomic mass is 35.5. The van der Waals surface area contributed by atoms with Gasteiger partial charge in [0.25, 0.3) is 5.91 Å². The van der Waals surface area contributed by atoms with E-state index in [9.17, 15) is 9.59 Å². The second kappa shape index (κ2) is 5.87. The minimum atomic E-state index is -0.217. The molecule has 1 aromatic carbocycles. The molecule has 2 heterocycles. The summed E-state index contributed by atoms with van der Waals surface area (Å²) in [5, 5.41) is 2.86. The summed E-state index contributed by atoms with van der Waals surface area (Å²) in [4.78, 5) is 26.4. The minimum absolute atomic E-state index is 0.0934. The molecular weight excluding hydrogens is 308 g/mol. The predicted octanol–water partition coefficient (Wildman–Crippen LogP) is 3.78. The Morgan fingerprint density at radius 1 is 1.24 bits per heavy atom. The Morgan fingerprint density at radius 2 is 2.05 bits per heavy atom. The molecule has 2 aromatic rings. The first-order valence-corrected chi connectivity index (χ1v) is 7.80. The minimum Gasteiger partial charge on any atom is -0.319 e. The topological polar surface area (TPSA) is 49.4 Å². The summed E-state index contributed by atoms with van der Waals surface area (Å²) in [6, 6.07) is 10.7. The molecule has 0 aliphatic carbocycles. The number of hydrogen-bond acceptors (Lipinski definition) is 3. The van der Waals surface area contributed by atoms with Gasteiger partial charge in [-0.1, -0.05) is 23.7 Å². The fourth-order valence-corrected chi connectivity index (χ4v) is 3.28. The summed E-state index contributed by atoms with van der Waals surface area (Å²) in [7, 11) is 0. The van der Waals surface area contributed by atoms with Gasteiger partial charge >= 0.3 is 0 Å². The van der Waals surface area contributed by atoms with Gasteiger partial charge in [-0.15, -0.1) is 11.3 Å². The van der Waals surface area contributed by atoms with Crippen LogP contribution in [0.1, 0.15) is 22.5 Å². The average molecular weight is 321 g/mol. The lowest BCUT2D eigenvalue weighted by atomic mass is 10.2. The first-order valence-electron chi connectivity index (χ1n) is 6.61. The monoisotopic (exact) mass is 320 g/mol. The predicted molar refractivity (Wildman–Crippen MR) is 85.3 cm³/mol. The number of amides is 2. The van der Waals surface area contributed by atoms with Crippen LogP contribution >= 0.6 is 22.9 Å². The van der Waals surface area contributed by atoms with Gasteiger partial charge in [0, 0.05) is 13.0 Å². The summed E-state index contributed by atoms with van der Waals surface area (Å²) in [5.41, 5.74) is 1.39. The molecule has 0 spiro atoms. The lowest BCUT2D eigenvalue weighted by Crippen LogP contribution is -2.25. The number of halogens is 1. The fourth-order valence-electron chi connectivity index (χ4n) is 2.34. The molecule has 1 aliphatic rings. The Bertz CT molecular complexity index is 698. The Hall–Kier alpha value is -1.85. The molecule has 1 N–H and O–H groups in total. The van der Waals surface area contributed by atoms with Crippen LogP contribution in [0.4, 0.5) is 11.4 Å². The number of carbonyl (C=O) groups excluding carboxylic acids is 2. The van der Waals surface area contributed by atoms with Crippen molar-refractivity contribution in [1.82, 2.24) is 0 Å². The van der Waals surface area contributed by atoms with Crippen LogP contribution in [0.15, 0.2) is 36.4 Å². The Balaban J connectivity index is 1.85. The third-order valence-corrected chi connectivity index (χ3v) is 4.54. The molecule has 0 saturated carbocycles. The number of nitrogens with one attached hydrogen (secondary N) is 1. The van der Waals surface area contributed by atoms with E-state index in [1.807, 2.05) is 18.2 Å². The molecule has 108 valence electrons. The van der Waals surface area contributed by atoms with Crippen molar-refractivity contribution in [3.05, 3.63) is 45.6 Å². The number of carbonyl (C=O) groups is 2. The number of para-hydroxylation sites is 2. The molecule has 0 bridgehead atoms. The highest BCUT2D eigenvalue weighted by molar-refractivity contribution is 7.18. The van der Waals surface area contributed by atoms with Gasteiger partial charge in [0.2, 0.25) is 5.91 Å². The van der Waals surface area contributed by atoms with Crippen LogP contribution in [0, 0.1) is 0 Å². The first kappa shape index (κ1) is 14.1. The highest BCUT2D eigenvalue weighted by Gasteiger charge is 2.24. The van der Waals surface area contributed by atoms with Gasteiger partial charge in [-0.2, -0.15) is 0 Å². The molecule has 1 aromatic heterocycles. The zero-order chi connectivity index (χ0) is 14.8. The van der Waals surface area contributed by atoms with Crippen molar-refractivity contribution in [2.75, 3.05) is 16.8 Å². The number of benzene rings is 1. The molecule has 0 unspecified atom stereocenters. The van der Waals surface area contributed by atoms with E-state index < -0.39 is 0 Å². The Morgan fingerprint density at radius 3 is 2.71 bits per heavy atom. The molecular formula is C15H13ClN2O2S. The summed E-state index contributed by atoms with van der Waals surface area (Å²) in [5.74, 6) is -0.123. The molecule has 3 rings (SSSR count). The van der Waals surface area contributed by atoms with Gasteiger partial charge in [0.1, 0.15) is 0 Å². The molecule has 2 amide bonds. The number of hydrogen-bond donors (Lipinski definition) is 1. The normalized spacial score (nSPS) is 14.5. The van der Waals surface area contributed by atoms with Gasteiger partial charge in [-0.05, 0) is 30.7 Å². The SMILES string of the molecule is O=C(Nc1ccccc1N1CCCC1=O)c1ccc(Cl)s1. The van der Waals surface area contributed by atoms with Crippen molar-refractivity contribution >= 4 is 46.1 Å². The Kier molecular flexibility index (Phi) is 3.94. The average Bonchev–Trinajstić information content (AvgIpc) is 3.08. The van der Waals surface area contributed by atoms with Gasteiger partial charge in [0.15, 0.2) is 0 Å². The fraction of sp³-hybridized carbons (Fsp3) is 0.200. The van der Waals surface area contributed by atoms with Crippen LogP contribution < -0.4 is 10.2 Å². The van der Waals surface area contributed by atoms with Gasteiger partial charge in [0.05, 0.1) is 20.6 Å². The van der Waals surface area contributed by atoms with E-state index in [-0.39, 0.29) is 11.8 Å². The molecule has 6 heteroatoms. The van der Waals surface area contributed by atoms with E-state index in [1.165, 1.54) is 11.3 Å². The molecule has 1 saturated heterocycles. The maximum atomic E-state index is 12.2.